The van der Waals surface area contributed by atoms with Gasteiger partial charge in [-0.1, -0.05) is 47.5 Å². The fourth-order valence-corrected chi connectivity index (χ4v) is 4.80. The lowest BCUT2D eigenvalue weighted by atomic mass is 9.96. The van der Waals surface area contributed by atoms with E-state index in [1.165, 1.54) is 19.2 Å². The maximum Gasteiger partial charge on any atom is 0.328 e. The summed E-state index contributed by atoms with van der Waals surface area (Å²) < 4.78 is 4.87. The van der Waals surface area contributed by atoms with Crippen LogP contribution in [0.4, 0.5) is 11.4 Å². The van der Waals surface area contributed by atoms with Gasteiger partial charge in [0, 0.05) is 31.8 Å². The molecule has 8 nitrogen and oxygen atoms in total. The third-order valence-electron chi connectivity index (χ3n) is 6.25. The highest BCUT2D eigenvalue weighted by Gasteiger charge is 2.32. The number of esters is 1. The predicted molar refractivity (Wildman–Crippen MR) is 146 cm³/mol. The molecule has 3 amide bonds. The molecule has 3 aromatic carbocycles. The van der Waals surface area contributed by atoms with E-state index in [0.29, 0.717) is 22.4 Å². The summed E-state index contributed by atoms with van der Waals surface area (Å²) in [7, 11) is 4.98. The Morgan fingerprint density at radius 1 is 1.03 bits per heavy atom. The number of ether oxygens (including phenoxy) is 1. The minimum atomic E-state index is -1.03. The molecule has 0 radical (unpaired) electrons. The number of carbonyl (C=O) groups is 4. The number of fused-ring (bicyclic) bond motifs is 1. The van der Waals surface area contributed by atoms with E-state index in [0.717, 1.165) is 10.6 Å². The van der Waals surface area contributed by atoms with Crippen LogP contribution < -0.4 is 15.1 Å². The molecule has 1 heterocycles. The van der Waals surface area contributed by atoms with Crippen molar-refractivity contribution < 1.29 is 23.9 Å². The molecule has 1 N–H and O–H groups in total. The molecular formula is C28H25Cl2N3O5. The average Bonchev–Trinajstić information content (AvgIpc) is 2.88. The van der Waals surface area contributed by atoms with E-state index in [1.54, 1.807) is 42.5 Å². The van der Waals surface area contributed by atoms with Crippen molar-refractivity contribution in [2.45, 2.75) is 18.9 Å². The molecule has 0 saturated heterocycles. The molecule has 1 atom stereocenters. The highest BCUT2D eigenvalue weighted by molar-refractivity contribution is 6.39. The molecule has 0 aromatic heterocycles. The van der Waals surface area contributed by atoms with E-state index in [4.69, 9.17) is 27.9 Å². The smallest absolute Gasteiger partial charge is 0.328 e. The molecule has 38 heavy (non-hydrogen) atoms. The van der Waals surface area contributed by atoms with Gasteiger partial charge in [0.05, 0.1) is 34.8 Å². The fraction of sp³-hybridized carbons (Fsp3) is 0.214. The van der Waals surface area contributed by atoms with Crippen LogP contribution in [0.3, 0.4) is 0 Å². The van der Waals surface area contributed by atoms with Crippen LogP contribution in [0.1, 0.15) is 31.8 Å². The summed E-state index contributed by atoms with van der Waals surface area (Å²) in [5, 5.41) is 2.93. The zero-order valence-electron chi connectivity index (χ0n) is 21.0. The topological polar surface area (TPSA) is 96.0 Å². The fourth-order valence-electron chi connectivity index (χ4n) is 4.23. The number of anilines is 2. The minimum Gasteiger partial charge on any atom is -0.467 e. The van der Waals surface area contributed by atoms with Crippen molar-refractivity contribution in [3.8, 4) is 0 Å². The lowest BCUT2D eigenvalue weighted by Gasteiger charge is -2.28. The Morgan fingerprint density at radius 2 is 1.68 bits per heavy atom. The third-order valence-corrected chi connectivity index (χ3v) is 6.88. The van der Waals surface area contributed by atoms with Gasteiger partial charge in [-0.15, -0.1) is 0 Å². The van der Waals surface area contributed by atoms with Crippen LogP contribution in [0.5, 0.6) is 0 Å². The van der Waals surface area contributed by atoms with Gasteiger partial charge in [-0.25, -0.2) is 9.69 Å². The van der Waals surface area contributed by atoms with Gasteiger partial charge in [0.25, 0.3) is 11.8 Å². The van der Waals surface area contributed by atoms with Crippen molar-refractivity contribution in [2.75, 3.05) is 31.0 Å². The van der Waals surface area contributed by atoms with Crippen LogP contribution in [0.15, 0.2) is 60.7 Å². The molecule has 196 valence electrons. The molecule has 0 unspecified atom stereocenters. The molecule has 4 rings (SSSR count). The third kappa shape index (κ3) is 5.51. The summed E-state index contributed by atoms with van der Waals surface area (Å²) in [6.07, 6.45) is 0.204. The maximum atomic E-state index is 13.3. The van der Waals surface area contributed by atoms with Crippen molar-refractivity contribution in [1.82, 2.24) is 5.32 Å². The van der Waals surface area contributed by atoms with E-state index in [-0.39, 0.29) is 34.4 Å². The van der Waals surface area contributed by atoms with Crippen LogP contribution >= 0.6 is 23.2 Å². The van der Waals surface area contributed by atoms with Crippen molar-refractivity contribution in [2.24, 2.45) is 0 Å². The summed E-state index contributed by atoms with van der Waals surface area (Å²) >= 11 is 12.3. The number of rotatable bonds is 7. The number of carbonyl (C=O) groups excluding carboxylic acids is 4. The Bertz CT molecular complexity index is 1400. The summed E-state index contributed by atoms with van der Waals surface area (Å²) in [6, 6.07) is 15.7. The first-order chi connectivity index (χ1) is 18.1. The van der Waals surface area contributed by atoms with Crippen LogP contribution in [-0.4, -0.2) is 50.9 Å². The second-order valence-electron chi connectivity index (χ2n) is 8.96. The molecule has 0 fully saturated rings. The van der Waals surface area contributed by atoms with E-state index >= 15 is 0 Å². The summed E-state index contributed by atoms with van der Waals surface area (Å²) in [4.78, 5) is 54.4. The quantitative estimate of drug-likeness (QED) is 0.346. The summed E-state index contributed by atoms with van der Waals surface area (Å²) in [5.41, 5.74) is 3.16. The van der Waals surface area contributed by atoms with Gasteiger partial charge in [0.2, 0.25) is 5.91 Å². The lowest BCUT2D eigenvalue weighted by molar-refractivity contribution is -0.142. The van der Waals surface area contributed by atoms with Crippen molar-refractivity contribution >= 4 is 58.3 Å². The largest absolute Gasteiger partial charge is 0.467 e. The van der Waals surface area contributed by atoms with Crippen LogP contribution in [0.25, 0.3) is 0 Å². The van der Waals surface area contributed by atoms with E-state index in [1.807, 2.05) is 25.1 Å². The lowest BCUT2D eigenvalue weighted by Crippen LogP contribution is -2.43. The first-order valence-electron chi connectivity index (χ1n) is 11.7. The summed E-state index contributed by atoms with van der Waals surface area (Å²) in [5.74, 6) is -2.00. The van der Waals surface area contributed by atoms with Gasteiger partial charge in [0.1, 0.15) is 6.04 Å². The number of hydrogen-bond acceptors (Lipinski definition) is 6. The van der Waals surface area contributed by atoms with Gasteiger partial charge in [-0.05, 0) is 47.5 Å². The van der Waals surface area contributed by atoms with Gasteiger partial charge >= 0.3 is 5.97 Å². The number of nitrogens with one attached hydrogen (secondary N) is 1. The molecule has 10 heteroatoms. The number of hydrogen-bond donors (Lipinski definition) is 1. The number of methoxy groups -OCH3 is 1. The number of benzene rings is 3. The van der Waals surface area contributed by atoms with Crippen molar-refractivity contribution in [1.29, 1.82) is 0 Å². The number of halogens is 2. The first kappa shape index (κ1) is 27.2. The van der Waals surface area contributed by atoms with Gasteiger partial charge < -0.3 is 15.0 Å². The van der Waals surface area contributed by atoms with Gasteiger partial charge in [-0.3, -0.25) is 14.4 Å². The second-order valence-corrected chi connectivity index (χ2v) is 9.78. The normalized spacial score (nSPS) is 13.6. The Morgan fingerprint density at radius 3 is 2.29 bits per heavy atom. The summed E-state index contributed by atoms with van der Waals surface area (Å²) in [6.45, 7) is 0. The molecular weight excluding hydrogens is 529 g/mol. The second kappa shape index (κ2) is 11.2. The van der Waals surface area contributed by atoms with E-state index < -0.39 is 23.8 Å². The Hall–Kier alpha value is -3.88. The highest BCUT2D eigenvalue weighted by Crippen LogP contribution is 2.29. The van der Waals surface area contributed by atoms with Crippen LogP contribution in [-0.2, 0) is 27.2 Å². The standard InChI is InChI=1S/C28H25Cl2N3O5/c1-32(2)19-12-9-17-14-24(34)33(27(36)20(17)15-19)18-10-7-16(8-11-18)13-23(28(37)38-3)31-26(35)25-21(29)5-4-6-22(25)30/h4-12,15,23H,13-14H2,1-3H3,(H,31,35)/t23-/m0/s1. The van der Waals surface area contributed by atoms with Gasteiger partial charge in [0.15, 0.2) is 0 Å². The highest BCUT2D eigenvalue weighted by atomic mass is 35.5. The molecule has 0 aliphatic carbocycles. The zero-order chi connectivity index (χ0) is 27.6. The Balaban J connectivity index is 1.54. The van der Waals surface area contributed by atoms with Gasteiger partial charge in [-0.2, -0.15) is 0 Å². The molecule has 0 saturated carbocycles. The monoisotopic (exact) mass is 553 g/mol. The number of nitrogens with zero attached hydrogens (tertiary/aromatic N) is 2. The molecule has 0 spiro atoms. The Kier molecular flexibility index (Phi) is 8.04. The van der Waals surface area contributed by atoms with E-state index in [9.17, 15) is 19.2 Å². The molecule has 1 aliphatic rings. The van der Waals surface area contributed by atoms with Crippen LogP contribution in [0, 0.1) is 0 Å². The van der Waals surface area contributed by atoms with Crippen molar-refractivity contribution in [3.05, 3.63) is 93.0 Å². The predicted octanol–water partition coefficient (Wildman–Crippen LogP) is 4.30. The number of amides is 3. The number of imide groups is 1. The van der Waals surface area contributed by atoms with E-state index in [2.05, 4.69) is 5.32 Å². The van der Waals surface area contributed by atoms with Crippen molar-refractivity contribution in [3.63, 3.8) is 0 Å². The average molecular weight is 554 g/mol. The minimum absolute atomic E-state index is 0.0555. The first-order valence-corrected chi connectivity index (χ1v) is 12.5. The SMILES string of the molecule is COC(=O)[C@H](Cc1ccc(N2C(=O)Cc3ccc(N(C)C)cc3C2=O)cc1)NC(=O)c1c(Cl)cccc1Cl. The van der Waals surface area contributed by atoms with Crippen LogP contribution in [0.2, 0.25) is 10.0 Å². The molecule has 0 bridgehead atoms. The molecule has 3 aromatic rings. The zero-order valence-corrected chi connectivity index (χ0v) is 22.5. The maximum absolute atomic E-state index is 13.3. The molecule has 1 aliphatic heterocycles. The Labute approximate surface area is 230 Å².